The molecule has 1 aliphatic carbocycles. The van der Waals surface area contributed by atoms with E-state index in [0.717, 1.165) is 30.8 Å². The Bertz CT molecular complexity index is 536. The Kier molecular flexibility index (Phi) is 6.19. The summed E-state index contributed by atoms with van der Waals surface area (Å²) < 4.78 is 27.4. The average molecular weight is 332 g/mol. The molecule has 1 heterocycles. The Morgan fingerprint density at radius 3 is 2.71 bits per heavy atom. The first-order chi connectivity index (χ1) is 9.97. The number of nitrogens with one attached hydrogen (secondary N) is 2. The largest absolute Gasteiger partial charge is 0.309 e. The predicted octanol–water partition coefficient (Wildman–Crippen LogP) is 1.62. The average Bonchev–Trinajstić information content (AvgIpc) is 3.11. The molecule has 1 aromatic heterocycles. The molecule has 2 N–H and O–H groups in total. The van der Waals surface area contributed by atoms with E-state index in [0.29, 0.717) is 16.8 Å². The van der Waals surface area contributed by atoms with Gasteiger partial charge in [0.05, 0.1) is 0 Å². The van der Waals surface area contributed by atoms with Crippen molar-refractivity contribution in [2.75, 3.05) is 27.2 Å². The van der Waals surface area contributed by atoms with Gasteiger partial charge in [-0.1, -0.05) is 0 Å². The van der Waals surface area contributed by atoms with Crippen LogP contribution in [0.3, 0.4) is 0 Å². The minimum absolute atomic E-state index is 0.419. The number of sulfonamides is 1. The van der Waals surface area contributed by atoms with E-state index in [1.54, 1.807) is 6.07 Å². The van der Waals surface area contributed by atoms with Crippen molar-refractivity contribution in [2.45, 2.75) is 42.5 Å². The lowest BCUT2D eigenvalue weighted by Crippen LogP contribution is -2.24. The lowest BCUT2D eigenvalue weighted by molar-refractivity contribution is 0.394. The normalized spacial score (nSPS) is 15.8. The van der Waals surface area contributed by atoms with Crippen LogP contribution in [0.4, 0.5) is 0 Å². The van der Waals surface area contributed by atoms with Crippen LogP contribution in [0.15, 0.2) is 16.3 Å². The summed E-state index contributed by atoms with van der Waals surface area (Å²) in [6.45, 7) is 2.26. The van der Waals surface area contributed by atoms with Crippen LogP contribution >= 0.6 is 11.3 Å². The minimum Gasteiger partial charge on any atom is -0.309 e. The van der Waals surface area contributed by atoms with Crippen LogP contribution in [-0.4, -0.2) is 46.5 Å². The fourth-order valence-corrected chi connectivity index (χ4v) is 4.39. The molecule has 7 heteroatoms. The van der Waals surface area contributed by atoms with Gasteiger partial charge in [-0.05, 0) is 58.5 Å². The maximum absolute atomic E-state index is 12.2. The molecule has 0 saturated heterocycles. The van der Waals surface area contributed by atoms with E-state index in [1.807, 2.05) is 20.2 Å². The summed E-state index contributed by atoms with van der Waals surface area (Å²) in [6.07, 6.45) is 4.34. The summed E-state index contributed by atoms with van der Waals surface area (Å²) in [4.78, 5) is 3.18. The third-order valence-corrected chi connectivity index (χ3v) is 6.41. The molecule has 21 heavy (non-hydrogen) atoms. The van der Waals surface area contributed by atoms with Gasteiger partial charge in [0.1, 0.15) is 4.21 Å². The highest BCUT2D eigenvalue weighted by Crippen LogP contribution is 2.24. The molecule has 0 aromatic carbocycles. The van der Waals surface area contributed by atoms with Crippen molar-refractivity contribution in [3.8, 4) is 0 Å². The number of thiophene rings is 1. The van der Waals surface area contributed by atoms with Gasteiger partial charge in [-0.25, -0.2) is 13.1 Å². The summed E-state index contributed by atoms with van der Waals surface area (Å²) in [7, 11) is 0.706. The van der Waals surface area contributed by atoms with Crippen molar-refractivity contribution < 1.29 is 8.42 Å². The Labute approximate surface area is 131 Å². The van der Waals surface area contributed by atoms with Crippen LogP contribution < -0.4 is 10.0 Å². The number of hydrogen-bond acceptors (Lipinski definition) is 5. The Morgan fingerprint density at radius 1 is 1.29 bits per heavy atom. The van der Waals surface area contributed by atoms with Crippen LogP contribution in [0.2, 0.25) is 0 Å². The second kappa shape index (κ2) is 7.69. The molecule has 5 nitrogen and oxygen atoms in total. The Balaban J connectivity index is 1.75. The first kappa shape index (κ1) is 16.9. The molecule has 0 aliphatic heterocycles. The van der Waals surface area contributed by atoms with Gasteiger partial charge in [0.15, 0.2) is 0 Å². The Morgan fingerprint density at radius 2 is 2.05 bits per heavy atom. The third-order valence-electron chi connectivity index (χ3n) is 3.37. The monoisotopic (exact) mass is 331 g/mol. The first-order valence-electron chi connectivity index (χ1n) is 7.44. The van der Waals surface area contributed by atoms with Crippen molar-refractivity contribution in [3.05, 3.63) is 17.0 Å². The van der Waals surface area contributed by atoms with Crippen LogP contribution in [0.1, 0.15) is 30.6 Å². The van der Waals surface area contributed by atoms with Gasteiger partial charge in [0.2, 0.25) is 10.0 Å². The lowest BCUT2D eigenvalue weighted by Gasteiger charge is -2.09. The van der Waals surface area contributed by atoms with E-state index in [4.69, 9.17) is 0 Å². The van der Waals surface area contributed by atoms with Gasteiger partial charge in [0.25, 0.3) is 0 Å². The highest BCUT2D eigenvalue weighted by atomic mass is 32.2. The maximum Gasteiger partial charge on any atom is 0.250 e. The van der Waals surface area contributed by atoms with Crippen molar-refractivity contribution in [2.24, 2.45) is 0 Å². The van der Waals surface area contributed by atoms with E-state index in [-0.39, 0.29) is 0 Å². The molecule has 1 aromatic rings. The topological polar surface area (TPSA) is 61.4 Å². The second-order valence-corrected chi connectivity index (χ2v) is 8.95. The van der Waals surface area contributed by atoms with Gasteiger partial charge in [-0.3, -0.25) is 0 Å². The number of hydrogen-bond donors (Lipinski definition) is 2. The van der Waals surface area contributed by atoms with Crippen molar-refractivity contribution >= 4 is 21.4 Å². The van der Waals surface area contributed by atoms with E-state index in [1.165, 1.54) is 24.2 Å². The van der Waals surface area contributed by atoms with Crippen molar-refractivity contribution in [3.63, 3.8) is 0 Å². The first-order valence-corrected chi connectivity index (χ1v) is 9.74. The maximum atomic E-state index is 12.2. The van der Waals surface area contributed by atoms with E-state index in [9.17, 15) is 8.42 Å². The molecule has 1 fully saturated rings. The van der Waals surface area contributed by atoms with E-state index < -0.39 is 10.0 Å². The zero-order chi connectivity index (χ0) is 15.3. The van der Waals surface area contributed by atoms with E-state index in [2.05, 4.69) is 14.9 Å². The highest BCUT2D eigenvalue weighted by Gasteiger charge is 2.21. The molecule has 0 unspecified atom stereocenters. The summed E-state index contributed by atoms with van der Waals surface area (Å²) in [6, 6.07) is 4.25. The van der Waals surface area contributed by atoms with Gasteiger partial charge < -0.3 is 10.2 Å². The lowest BCUT2D eigenvalue weighted by atomic mass is 10.3. The smallest absolute Gasteiger partial charge is 0.250 e. The van der Waals surface area contributed by atoms with Crippen molar-refractivity contribution in [1.82, 2.24) is 14.9 Å². The number of nitrogens with zero attached hydrogens (tertiary/aromatic N) is 1. The Hall–Kier alpha value is -0.470. The standard InChI is InChI=1S/C14H25N3O2S2/c1-17(2)10-4-3-9-16-21(18,19)14-8-7-13(20-14)11-15-12-5-6-12/h7-8,12,15-16H,3-6,9-11H2,1-2H3. The van der Waals surface area contributed by atoms with Gasteiger partial charge in [-0.2, -0.15) is 0 Å². The molecule has 120 valence electrons. The molecule has 0 atom stereocenters. The molecule has 0 radical (unpaired) electrons. The molecule has 1 aliphatic rings. The summed E-state index contributed by atoms with van der Waals surface area (Å²) >= 11 is 1.36. The third kappa shape index (κ3) is 6.04. The molecule has 2 rings (SSSR count). The van der Waals surface area contributed by atoms with Crippen LogP contribution in [-0.2, 0) is 16.6 Å². The summed E-state index contributed by atoms with van der Waals surface area (Å²) in [5.74, 6) is 0. The van der Waals surface area contributed by atoms with Crippen molar-refractivity contribution in [1.29, 1.82) is 0 Å². The number of rotatable bonds is 10. The summed E-state index contributed by atoms with van der Waals surface area (Å²) in [5.41, 5.74) is 0. The quantitative estimate of drug-likeness (QED) is 0.640. The molecule has 0 amide bonds. The second-order valence-electron chi connectivity index (χ2n) is 5.78. The zero-order valence-corrected chi connectivity index (χ0v) is 14.4. The molecule has 1 saturated carbocycles. The van der Waals surface area contributed by atoms with Gasteiger partial charge in [-0.15, -0.1) is 11.3 Å². The fraction of sp³-hybridized carbons (Fsp3) is 0.714. The van der Waals surface area contributed by atoms with Gasteiger partial charge >= 0.3 is 0 Å². The molecule has 0 bridgehead atoms. The van der Waals surface area contributed by atoms with Crippen LogP contribution in [0.25, 0.3) is 0 Å². The highest BCUT2D eigenvalue weighted by molar-refractivity contribution is 7.91. The molecular formula is C14H25N3O2S2. The SMILES string of the molecule is CN(C)CCCCNS(=O)(=O)c1ccc(CNC2CC2)s1. The number of unbranched alkanes of at least 4 members (excludes halogenated alkanes) is 1. The fourth-order valence-electron chi connectivity index (χ4n) is 1.96. The van der Waals surface area contributed by atoms with Gasteiger partial charge in [0, 0.05) is 24.0 Å². The molecular weight excluding hydrogens is 306 g/mol. The predicted molar refractivity (Wildman–Crippen MR) is 87.2 cm³/mol. The van der Waals surface area contributed by atoms with E-state index >= 15 is 0 Å². The zero-order valence-electron chi connectivity index (χ0n) is 12.8. The molecule has 0 spiro atoms. The minimum atomic E-state index is -3.34. The summed E-state index contributed by atoms with van der Waals surface area (Å²) in [5, 5.41) is 3.40. The van der Waals surface area contributed by atoms with Crippen LogP contribution in [0, 0.1) is 0 Å². The van der Waals surface area contributed by atoms with Crippen LogP contribution in [0.5, 0.6) is 0 Å².